The van der Waals surface area contributed by atoms with Gasteiger partial charge in [-0.1, -0.05) is 53.6 Å². The van der Waals surface area contributed by atoms with Gasteiger partial charge in [0.15, 0.2) is 0 Å². The van der Waals surface area contributed by atoms with E-state index in [4.69, 9.17) is 11.6 Å². The molecule has 2 aromatic rings. The molecule has 122 valence electrons. The number of allylic oxidation sites excluding steroid dienone is 2. The Kier molecular flexibility index (Phi) is 4.15. The topological polar surface area (TPSA) is 63.6 Å². The molecule has 4 nitrogen and oxygen atoms in total. The van der Waals surface area contributed by atoms with Crippen LogP contribution in [0.25, 0.3) is 0 Å². The zero-order valence-electron chi connectivity index (χ0n) is 13.1. The van der Waals surface area contributed by atoms with E-state index in [2.05, 4.69) is 4.40 Å². The predicted molar refractivity (Wildman–Crippen MR) is 94.3 cm³/mol. The van der Waals surface area contributed by atoms with E-state index in [9.17, 15) is 13.2 Å². The number of sulfonamides is 1. The molecule has 1 aliphatic carbocycles. The Hall–Kier alpha value is -2.24. The summed E-state index contributed by atoms with van der Waals surface area (Å²) < 4.78 is 29.3. The lowest BCUT2D eigenvalue weighted by atomic mass is 9.94. The summed E-state index contributed by atoms with van der Waals surface area (Å²) in [5.41, 5.74) is 2.56. The van der Waals surface area contributed by atoms with Crippen LogP contribution in [0, 0.1) is 13.8 Å². The van der Waals surface area contributed by atoms with Crippen molar-refractivity contribution in [3.63, 3.8) is 0 Å². The number of Topliss-reactive ketones (excluding diaryl/α,β-unsaturated/α-hetero) is 1. The van der Waals surface area contributed by atoms with Crippen LogP contribution >= 0.6 is 11.6 Å². The molecule has 0 saturated carbocycles. The SMILES string of the molecule is Cc1ccc(S(=O)(=O)/N=C2/C=C(Cl)C(=O)c3ccccc32)c(C)c1. The molecule has 0 bridgehead atoms. The largest absolute Gasteiger partial charge is 0.288 e. The molecule has 1 aliphatic rings. The van der Waals surface area contributed by atoms with E-state index in [1.165, 1.54) is 12.1 Å². The Morgan fingerprint density at radius 3 is 2.33 bits per heavy atom. The van der Waals surface area contributed by atoms with Gasteiger partial charge in [0.05, 0.1) is 15.6 Å². The van der Waals surface area contributed by atoms with Gasteiger partial charge in [-0.3, -0.25) is 4.79 Å². The van der Waals surface area contributed by atoms with E-state index < -0.39 is 10.0 Å². The van der Waals surface area contributed by atoms with Crippen LogP contribution in [0.3, 0.4) is 0 Å². The van der Waals surface area contributed by atoms with Crippen molar-refractivity contribution in [2.24, 2.45) is 4.40 Å². The van der Waals surface area contributed by atoms with Crippen molar-refractivity contribution in [3.05, 3.63) is 75.8 Å². The average Bonchev–Trinajstić information content (AvgIpc) is 2.51. The quantitative estimate of drug-likeness (QED) is 0.819. The highest BCUT2D eigenvalue weighted by Crippen LogP contribution is 2.26. The van der Waals surface area contributed by atoms with Gasteiger partial charge in [0.1, 0.15) is 0 Å². The summed E-state index contributed by atoms with van der Waals surface area (Å²) in [5.74, 6) is -0.338. The average molecular weight is 360 g/mol. The first-order valence-corrected chi connectivity index (χ1v) is 9.05. The van der Waals surface area contributed by atoms with Gasteiger partial charge in [0.25, 0.3) is 10.0 Å². The maximum absolute atomic E-state index is 12.7. The van der Waals surface area contributed by atoms with Crippen molar-refractivity contribution in [2.45, 2.75) is 18.7 Å². The highest BCUT2D eigenvalue weighted by Gasteiger charge is 2.25. The van der Waals surface area contributed by atoms with E-state index >= 15 is 0 Å². The third-order valence-electron chi connectivity index (χ3n) is 3.75. The molecule has 0 atom stereocenters. The van der Waals surface area contributed by atoms with Crippen LogP contribution < -0.4 is 0 Å². The number of carbonyl (C=O) groups excluding carboxylic acids is 1. The molecule has 0 aliphatic heterocycles. The zero-order valence-corrected chi connectivity index (χ0v) is 14.6. The maximum Gasteiger partial charge on any atom is 0.283 e. The second-order valence-corrected chi connectivity index (χ2v) is 7.57. The van der Waals surface area contributed by atoms with Gasteiger partial charge >= 0.3 is 0 Å². The number of halogens is 1. The van der Waals surface area contributed by atoms with Gasteiger partial charge in [0.2, 0.25) is 5.78 Å². The fourth-order valence-electron chi connectivity index (χ4n) is 2.64. The number of carbonyl (C=O) groups is 1. The second-order valence-electron chi connectivity index (χ2n) is 5.59. The molecule has 0 fully saturated rings. The fourth-order valence-corrected chi connectivity index (χ4v) is 4.06. The monoisotopic (exact) mass is 359 g/mol. The highest BCUT2D eigenvalue weighted by atomic mass is 35.5. The smallest absolute Gasteiger partial charge is 0.283 e. The van der Waals surface area contributed by atoms with Gasteiger partial charge < -0.3 is 0 Å². The summed E-state index contributed by atoms with van der Waals surface area (Å²) in [6.07, 6.45) is 1.30. The predicted octanol–water partition coefficient (Wildman–Crippen LogP) is 3.80. The molecule has 0 radical (unpaired) electrons. The number of rotatable bonds is 2. The molecule has 0 aromatic heterocycles. The lowest BCUT2D eigenvalue weighted by molar-refractivity contribution is 0.104. The van der Waals surface area contributed by atoms with Crippen LogP contribution in [0.15, 0.2) is 62.9 Å². The van der Waals surface area contributed by atoms with Crippen LogP contribution in [0.2, 0.25) is 0 Å². The molecule has 2 aromatic carbocycles. The summed E-state index contributed by atoms with van der Waals surface area (Å²) in [6.45, 7) is 3.61. The van der Waals surface area contributed by atoms with Gasteiger partial charge in [0, 0.05) is 11.1 Å². The van der Waals surface area contributed by atoms with Crippen molar-refractivity contribution in [1.29, 1.82) is 0 Å². The molecular weight excluding hydrogens is 346 g/mol. The number of fused-ring (bicyclic) bond motifs is 1. The minimum absolute atomic E-state index is 0.0525. The van der Waals surface area contributed by atoms with Crippen LogP contribution in [0.4, 0.5) is 0 Å². The number of nitrogens with zero attached hydrogens (tertiary/aromatic N) is 1. The number of aryl methyl sites for hydroxylation is 2. The Morgan fingerprint density at radius 1 is 1.00 bits per heavy atom. The third-order valence-corrected chi connectivity index (χ3v) is 5.49. The van der Waals surface area contributed by atoms with Crippen LogP contribution in [-0.4, -0.2) is 19.9 Å². The molecule has 0 saturated heterocycles. The van der Waals surface area contributed by atoms with Crippen molar-refractivity contribution in [3.8, 4) is 0 Å². The Bertz CT molecular complexity index is 1020. The first-order valence-electron chi connectivity index (χ1n) is 7.23. The highest BCUT2D eigenvalue weighted by molar-refractivity contribution is 7.90. The van der Waals surface area contributed by atoms with E-state index in [0.29, 0.717) is 16.7 Å². The van der Waals surface area contributed by atoms with Gasteiger partial charge in [-0.2, -0.15) is 12.8 Å². The summed E-state index contributed by atoms with van der Waals surface area (Å²) >= 11 is 5.95. The number of hydrogen-bond acceptors (Lipinski definition) is 3. The van der Waals surface area contributed by atoms with Crippen molar-refractivity contribution >= 4 is 33.1 Å². The minimum Gasteiger partial charge on any atom is -0.288 e. The molecule has 0 spiro atoms. The molecule has 24 heavy (non-hydrogen) atoms. The van der Waals surface area contributed by atoms with Gasteiger partial charge in [-0.05, 0) is 31.6 Å². The summed E-state index contributed by atoms with van der Waals surface area (Å²) in [6, 6.07) is 11.7. The van der Waals surface area contributed by atoms with Crippen molar-refractivity contribution in [2.75, 3.05) is 0 Å². The van der Waals surface area contributed by atoms with Crippen molar-refractivity contribution < 1.29 is 13.2 Å². The molecular formula is C18H14ClNO3S. The van der Waals surface area contributed by atoms with Crippen molar-refractivity contribution in [1.82, 2.24) is 0 Å². The van der Waals surface area contributed by atoms with E-state index in [0.717, 1.165) is 5.56 Å². The second kappa shape index (κ2) is 6.00. The Labute approximate surface area is 145 Å². The minimum atomic E-state index is -3.92. The molecule has 0 N–H and O–H groups in total. The first-order chi connectivity index (χ1) is 11.3. The van der Waals surface area contributed by atoms with Crippen LogP contribution in [-0.2, 0) is 10.0 Å². The normalized spacial score (nSPS) is 16.0. The molecule has 0 heterocycles. The number of benzene rings is 2. The van der Waals surface area contributed by atoms with Gasteiger partial charge in [-0.25, -0.2) is 0 Å². The third kappa shape index (κ3) is 2.92. The summed E-state index contributed by atoms with van der Waals surface area (Å²) in [4.78, 5) is 12.2. The molecule has 0 unspecified atom stereocenters. The van der Waals surface area contributed by atoms with E-state index in [-0.39, 0.29) is 21.4 Å². The summed E-state index contributed by atoms with van der Waals surface area (Å²) in [7, 11) is -3.92. The lowest BCUT2D eigenvalue weighted by Crippen LogP contribution is -2.16. The zero-order chi connectivity index (χ0) is 17.5. The molecule has 3 rings (SSSR count). The van der Waals surface area contributed by atoms with Crippen LogP contribution in [0.5, 0.6) is 0 Å². The number of hydrogen-bond donors (Lipinski definition) is 0. The standard InChI is InChI=1S/C18H14ClNO3S/c1-11-7-8-17(12(2)9-11)24(22,23)20-16-10-15(19)18(21)14-6-4-3-5-13(14)16/h3-10H,1-2H3/b20-16-. The van der Waals surface area contributed by atoms with E-state index in [1.54, 1.807) is 43.3 Å². The number of ketones is 1. The van der Waals surface area contributed by atoms with Crippen LogP contribution in [0.1, 0.15) is 27.0 Å². The lowest BCUT2D eigenvalue weighted by Gasteiger charge is -2.14. The van der Waals surface area contributed by atoms with E-state index in [1.807, 2.05) is 6.92 Å². The molecule has 6 heteroatoms. The Balaban J connectivity index is 2.18. The summed E-state index contributed by atoms with van der Waals surface area (Å²) in [5, 5.41) is -0.0525. The molecule has 0 amide bonds. The fraction of sp³-hybridized carbons (Fsp3) is 0.111. The first kappa shape index (κ1) is 16.6. The Morgan fingerprint density at radius 2 is 1.67 bits per heavy atom. The maximum atomic E-state index is 12.7. The van der Waals surface area contributed by atoms with Gasteiger partial charge in [-0.15, -0.1) is 0 Å².